The van der Waals surface area contributed by atoms with Crippen molar-refractivity contribution in [3.8, 4) is 0 Å². The zero-order chi connectivity index (χ0) is 19.7. The molecule has 0 radical (unpaired) electrons. The molecule has 0 unspecified atom stereocenters. The third kappa shape index (κ3) is 5.08. The van der Waals surface area contributed by atoms with E-state index in [1.54, 1.807) is 0 Å². The first-order chi connectivity index (χ1) is 12.6. The Morgan fingerprint density at radius 1 is 1.07 bits per heavy atom. The van der Waals surface area contributed by atoms with E-state index in [9.17, 15) is 26.4 Å². The van der Waals surface area contributed by atoms with Crippen molar-refractivity contribution in [3.05, 3.63) is 65.2 Å². The number of halogens is 3. The number of benzene rings is 2. The maximum absolute atomic E-state index is 12.7. The van der Waals surface area contributed by atoms with Crippen molar-refractivity contribution in [1.82, 2.24) is 10.0 Å². The molecular formula is C18H17F3N2O3S. The lowest BCUT2D eigenvalue weighted by atomic mass is 10.1. The van der Waals surface area contributed by atoms with Gasteiger partial charge < -0.3 is 5.32 Å². The summed E-state index contributed by atoms with van der Waals surface area (Å²) in [5, 5.41) is 2.50. The molecule has 0 saturated heterocycles. The van der Waals surface area contributed by atoms with Gasteiger partial charge in [0.05, 0.1) is 10.5 Å². The molecule has 1 aliphatic carbocycles. The Balaban J connectivity index is 1.69. The molecule has 0 aromatic heterocycles. The van der Waals surface area contributed by atoms with Gasteiger partial charge in [0.25, 0.3) is 5.91 Å². The summed E-state index contributed by atoms with van der Waals surface area (Å²) in [6, 6.07) is 10.1. The Labute approximate surface area is 154 Å². The Morgan fingerprint density at radius 3 is 2.44 bits per heavy atom. The Bertz CT molecular complexity index is 954. The van der Waals surface area contributed by atoms with Gasteiger partial charge >= 0.3 is 6.18 Å². The summed E-state index contributed by atoms with van der Waals surface area (Å²) in [6.45, 7) is -0.111. The SMILES string of the molecule is O=C(NCc1cccc(C(F)(F)F)c1)c1cccc(S(=O)(=O)NC2CC2)c1. The molecule has 2 aromatic rings. The van der Waals surface area contributed by atoms with Gasteiger partial charge in [-0.3, -0.25) is 4.79 Å². The maximum atomic E-state index is 12.7. The predicted molar refractivity (Wildman–Crippen MR) is 92.4 cm³/mol. The summed E-state index contributed by atoms with van der Waals surface area (Å²) < 4.78 is 65.2. The van der Waals surface area contributed by atoms with Gasteiger partial charge in [-0.05, 0) is 48.7 Å². The van der Waals surface area contributed by atoms with Crippen molar-refractivity contribution >= 4 is 15.9 Å². The number of nitrogens with one attached hydrogen (secondary N) is 2. The normalized spacial score (nSPS) is 14.8. The minimum atomic E-state index is -4.46. The highest BCUT2D eigenvalue weighted by Gasteiger charge is 2.30. The molecule has 5 nitrogen and oxygen atoms in total. The highest BCUT2D eigenvalue weighted by Crippen LogP contribution is 2.29. The van der Waals surface area contributed by atoms with Crippen molar-refractivity contribution in [2.24, 2.45) is 0 Å². The van der Waals surface area contributed by atoms with E-state index >= 15 is 0 Å². The van der Waals surface area contributed by atoms with Crippen LogP contribution in [0.3, 0.4) is 0 Å². The van der Waals surface area contributed by atoms with E-state index in [0.717, 1.165) is 25.0 Å². The summed E-state index contributed by atoms with van der Waals surface area (Å²) in [6.07, 6.45) is -2.88. The number of sulfonamides is 1. The molecule has 3 rings (SSSR count). The van der Waals surface area contributed by atoms with Crippen LogP contribution in [0.5, 0.6) is 0 Å². The molecule has 1 saturated carbocycles. The van der Waals surface area contributed by atoms with Crippen LogP contribution in [-0.4, -0.2) is 20.4 Å². The van der Waals surface area contributed by atoms with E-state index in [1.165, 1.54) is 36.4 Å². The van der Waals surface area contributed by atoms with Crippen LogP contribution in [0.15, 0.2) is 53.4 Å². The molecule has 0 heterocycles. The van der Waals surface area contributed by atoms with Crippen molar-refractivity contribution in [1.29, 1.82) is 0 Å². The highest BCUT2D eigenvalue weighted by molar-refractivity contribution is 7.89. The second-order valence-electron chi connectivity index (χ2n) is 6.30. The van der Waals surface area contributed by atoms with Crippen LogP contribution < -0.4 is 10.0 Å². The van der Waals surface area contributed by atoms with E-state index < -0.39 is 27.7 Å². The molecule has 1 aliphatic rings. The molecular weight excluding hydrogens is 381 g/mol. The van der Waals surface area contributed by atoms with Gasteiger partial charge in [-0.1, -0.05) is 18.2 Å². The summed E-state index contributed by atoms with van der Waals surface area (Å²) in [5.41, 5.74) is -0.397. The van der Waals surface area contributed by atoms with Crippen molar-refractivity contribution in [2.45, 2.75) is 36.5 Å². The van der Waals surface area contributed by atoms with Crippen molar-refractivity contribution < 1.29 is 26.4 Å². The van der Waals surface area contributed by atoms with Crippen LogP contribution in [-0.2, 0) is 22.7 Å². The average Bonchev–Trinajstić information content (AvgIpc) is 3.42. The number of amides is 1. The third-order valence-electron chi connectivity index (χ3n) is 4.01. The first-order valence-electron chi connectivity index (χ1n) is 8.22. The predicted octanol–water partition coefficient (Wildman–Crippen LogP) is 3.08. The van der Waals surface area contributed by atoms with E-state index in [4.69, 9.17) is 0 Å². The monoisotopic (exact) mass is 398 g/mol. The van der Waals surface area contributed by atoms with Gasteiger partial charge in [0.15, 0.2) is 0 Å². The zero-order valence-corrected chi connectivity index (χ0v) is 14.9. The number of rotatable bonds is 6. The Morgan fingerprint density at radius 2 is 1.78 bits per heavy atom. The first kappa shape index (κ1) is 19.4. The van der Waals surface area contributed by atoms with E-state index in [0.29, 0.717) is 0 Å². The maximum Gasteiger partial charge on any atom is 0.416 e. The molecule has 2 aromatic carbocycles. The molecule has 0 spiro atoms. The summed E-state index contributed by atoms with van der Waals surface area (Å²) in [7, 11) is -3.70. The number of carbonyl (C=O) groups is 1. The van der Waals surface area contributed by atoms with Crippen LogP contribution in [0.25, 0.3) is 0 Å². The summed E-state index contributed by atoms with van der Waals surface area (Å²) >= 11 is 0. The second-order valence-corrected chi connectivity index (χ2v) is 8.02. The third-order valence-corrected chi connectivity index (χ3v) is 5.53. The molecule has 1 fully saturated rings. The van der Waals surface area contributed by atoms with E-state index in [-0.39, 0.29) is 28.6 Å². The fraction of sp³-hybridized carbons (Fsp3) is 0.278. The standard InChI is InChI=1S/C18H17F3N2O3S/c19-18(20,21)14-5-1-3-12(9-14)11-22-17(24)13-4-2-6-16(10-13)27(25,26)23-15-7-8-15/h1-6,9-10,15,23H,7-8,11H2,(H,22,24). The van der Waals surface area contributed by atoms with Gasteiger partial charge in [0.1, 0.15) is 0 Å². The number of hydrogen-bond donors (Lipinski definition) is 2. The Hall–Kier alpha value is -2.39. The first-order valence-corrected chi connectivity index (χ1v) is 9.70. The van der Waals surface area contributed by atoms with E-state index in [1.807, 2.05) is 0 Å². The van der Waals surface area contributed by atoms with Crippen LogP contribution in [0, 0.1) is 0 Å². The minimum absolute atomic E-state index is 0.0267. The van der Waals surface area contributed by atoms with Gasteiger partial charge in [-0.25, -0.2) is 13.1 Å². The second kappa shape index (κ2) is 7.32. The number of alkyl halides is 3. The smallest absolute Gasteiger partial charge is 0.348 e. The highest BCUT2D eigenvalue weighted by atomic mass is 32.2. The lowest BCUT2D eigenvalue weighted by Crippen LogP contribution is -2.27. The Kier molecular flexibility index (Phi) is 5.25. The molecule has 144 valence electrons. The van der Waals surface area contributed by atoms with Crippen molar-refractivity contribution in [3.63, 3.8) is 0 Å². The van der Waals surface area contributed by atoms with Crippen LogP contribution in [0.4, 0.5) is 13.2 Å². The summed E-state index contributed by atoms with van der Waals surface area (Å²) in [4.78, 5) is 12.2. The van der Waals surface area contributed by atoms with Crippen LogP contribution in [0.2, 0.25) is 0 Å². The molecule has 2 N–H and O–H groups in total. The number of hydrogen-bond acceptors (Lipinski definition) is 3. The van der Waals surface area contributed by atoms with Gasteiger partial charge in [-0.15, -0.1) is 0 Å². The number of carbonyl (C=O) groups excluding carboxylic acids is 1. The zero-order valence-electron chi connectivity index (χ0n) is 14.1. The molecule has 1 amide bonds. The van der Waals surface area contributed by atoms with Crippen LogP contribution in [0.1, 0.15) is 34.3 Å². The quantitative estimate of drug-likeness (QED) is 0.785. The molecule has 27 heavy (non-hydrogen) atoms. The lowest BCUT2D eigenvalue weighted by Gasteiger charge is -2.10. The molecule has 0 bridgehead atoms. The molecule has 0 aliphatic heterocycles. The largest absolute Gasteiger partial charge is 0.416 e. The fourth-order valence-corrected chi connectivity index (χ4v) is 3.79. The topological polar surface area (TPSA) is 75.3 Å². The lowest BCUT2D eigenvalue weighted by molar-refractivity contribution is -0.137. The van der Waals surface area contributed by atoms with Gasteiger partial charge in [0, 0.05) is 18.2 Å². The fourth-order valence-electron chi connectivity index (χ4n) is 2.44. The minimum Gasteiger partial charge on any atom is -0.348 e. The van der Waals surface area contributed by atoms with Gasteiger partial charge in [0.2, 0.25) is 10.0 Å². The van der Waals surface area contributed by atoms with Gasteiger partial charge in [-0.2, -0.15) is 13.2 Å². The van der Waals surface area contributed by atoms with Crippen molar-refractivity contribution in [2.75, 3.05) is 0 Å². The molecule has 0 atom stereocenters. The summed E-state index contributed by atoms with van der Waals surface area (Å²) in [5.74, 6) is -0.573. The molecule has 9 heteroatoms. The average molecular weight is 398 g/mol. The van der Waals surface area contributed by atoms with E-state index in [2.05, 4.69) is 10.0 Å². The van der Waals surface area contributed by atoms with Crippen LogP contribution >= 0.6 is 0 Å².